The summed E-state index contributed by atoms with van der Waals surface area (Å²) in [5, 5.41) is 2.88. The number of ether oxygens (including phenoxy) is 2. The molecule has 38 heavy (non-hydrogen) atoms. The minimum atomic E-state index is -4.69. The van der Waals surface area contributed by atoms with E-state index in [2.05, 4.69) is 10.3 Å². The maximum Gasteiger partial charge on any atom is 0.433 e. The number of likely N-dealkylation sites (tertiary alicyclic amines) is 2. The Kier molecular flexibility index (Phi) is 8.44. The number of carbonyl (C=O) groups is 2. The van der Waals surface area contributed by atoms with Crippen LogP contribution in [0.1, 0.15) is 30.9 Å². The van der Waals surface area contributed by atoms with Gasteiger partial charge in [-0.1, -0.05) is 12.1 Å². The van der Waals surface area contributed by atoms with Crippen LogP contribution in [0.4, 0.5) is 22.4 Å². The molecule has 13 heteroatoms. The van der Waals surface area contributed by atoms with Crippen LogP contribution in [0.25, 0.3) is 0 Å². The van der Waals surface area contributed by atoms with E-state index in [1.165, 1.54) is 24.3 Å². The molecule has 3 fully saturated rings. The first-order valence-corrected chi connectivity index (χ1v) is 12.4. The van der Waals surface area contributed by atoms with Crippen molar-refractivity contribution >= 4 is 17.6 Å². The Morgan fingerprint density at radius 3 is 2.47 bits per heavy atom. The average molecular weight is 542 g/mol. The van der Waals surface area contributed by atoms with E-state index in [0.29, 0.717) is 57.1 Å². The molecule has 3 amide bonds. The van der Waals surface area contributed by atoms with Crippen molar-refractivity contribution < 1.29 is 36.6 Å². The van der Waals surface area contributed by atoms with Gasteiger partial charge in [0.15, 0.2) is 5.88 Å². The van der Waals surface area contributed by atoms with Crippen LogP contribution in [0.3, 0.4) is 0 Å². The number of hydrogen-bond donors (Lipinski definition) is 2. The summed E-state index contributed by atoms with van der Waals surface area (Å²) < 4.78 is 64.3. The number of urea groups is 1. The molecule has 4 rings (SSSR count). The zero-order valence-corrected chi connectivity index (χ0v) is 20.9. The van der Waals surface area contributed by atoms with Gasteiger partial charge in [0.25, 0.3) is 0 Å². The Balaban J connectivity index is 1.42. The number of morpholine rings is 1. The highest BCUT2D eigenvalue weighted by atomic mass is 19.4. The number of piperidine rings is 2. The van der Waals surface area contributed by atoms with Crippen LogP contribution in [-0.4, -0.2) is 85.6 Å². The third-order valence-corrected chi connectivity index (χ3v) is 7.11. The van der Waals surface area contributed by atoms with Gasteiger partial charge in [0, 0.05) is 45.2 Å². The normalized spacial score (nSPS) is 24.5. The molecule has 9 nitrogen and oxygen atoms in total. The molecule has 3 saturated heterocycles. The average Bonchev–Trinajstić information content (AvgIpc) is 2.89. The molecule has 3 atom stereocenters. The van der Waals surface area contributed by atoms with Crippen molar-refractivity contribution in [2.24, 2.45) is 16.6 Å². The number of amides is 3. The summed E-state index contributed by atoms with van der Waals surface area (Å²) in [5.74, 6) is -1.32. The lowest BCUT2D eigenvalue weighted by Gasteiger charge is -2.44. The number of aliphatic imine (C=N–C) groups is 1. The molecule has 0 bridgehead atoms. The monoisotopic (exact) mass is 541 g/mol. The van der Waals surface area contributed by atoms with E-state index in [1.54, 1.807) is 9.80 Å². The molecule has 0 aliphatic carbocycles. The number of hydrogen-bond acceptors (Lipinski definition) is 6. The van der Waals surface area contributed by atoms with Crippen LogP contribution in [0, 0.1) is 11.7 Å². The summed E-state index contributed by atoms with van der Waals surface area (Å²) in [7, 11) is 1.01. The maximum absolute atomic E-state index is 13.5. The predicted octanol–water partition coefficient (Wildman–Crippen LogP) is 2.74. The van der Waals surface area contributed by atoms with Gasteiger partial charge < -0.3 is 30.3 Å². The molecular formula is C25H31F4N5O4. The van der Waals surface area contributed by atoms with Gasteiger partial charge in [-0.05, 0) is 37.0 Å². The van der Waals surface area contributed by atoms with Crippen molar-refractivity contribution in [3.63, 3.8) is 0 Å². The molecule has 1 unspecified atom stereocenters. The molecule has 1 aromatic carbocycles. The first-order valence-electron chi connectivity index (χ1n) is 12.4. The standard InChI is InChI=1S/C25H31F4N5O4/c1-31-20(25(27,28)29)12-21(30)38-23(15-2-4-17(26)5-3-15)16-6-9-33(10-7-16)24(36)34-11-8-19-18(13-34)32-22(35)14-37-19/h2-5,12,16,18-19,23H,6-11,13-14,30H2,1H3,(H,32,35)/t18-,19+,23?/m1/s1. The van der Waals surface area contributed by atoms with E-state index in [-0.39, 0.29) is 36.6 Å². The van der Waals surface area contributed by atoms with Gasteiger partial charge in [0.2, 0.25) is 5.91 Å². The summed E-state index contributed by atoms with van der Waals surface area (Å²) >= 11 is 0. The number of benzene rings is 1. The molecule has 208 valence electrons. The second-order valence-electron chi connectivity index (χ2n) is 9.61. The number of allylic oxidation sites excluding steroid dienone is 1. The fourth-order valence-electron chi connectivity index (χ4n) is 5.14. The van der Waals surface area contributed by atoms with Crippen LogP contribution in [0.5, 0.6) is 0 Å². The number of fused-ring (bicyclic) bond motifs is 1. The number of alkyl halides is 3. The van der Waals surface area contributed by atoms with E-state index in [1.807, 2.05) is 0 Å². The van der Waals surface area contributed by atoms with Gasteiger partial charge >= 0.3 is 12.2 Å². The SMILES string of the molecule is CN=C(C=C(N)OC(c1ccc(F)cc1)C1CCN(C(=O)N2CC[C@@H]3OCC(=O)N[C@@H]3C2)CC1)C(F)(F)F. The van der Waals surface area contributed by atoms with Gasteiger partial charge in [-0.3, -0.25) is 9.79 Å². The third kappa shape index (κ3) is 6.55. The van der Waals surface area contributed by atoms with Crippen LogP contribution in [0.15, 0.2) is 41.2 Å². The molecule has 3 N–H and O–H groups in total. The van der Waals surface area contributed by atoms with Gasteiger partial charge in [-0.15, -0.1) is 0 Å². The Hall–Kier alpha value is -3.35. The zero-order chi connectivity index (χ0) is 27.4. The van der Waals surface area contributed by atoms with Gasteiger partial charge in [-0.2, -0.15) is 13.2 Å². The molecule has 0 saturated carbocycles. The van der Waals surface area contributed by atoms with Crippen LogP contribution in [0.2, 0.25) is 0 Å². The quantitative estimate of drug-likeness (QED) is 0.339. The lowest BCUT2D eigenvalue weighted by atomic mass is 9.87. The summed E-state index contributed by atoms with van der Waals surface area (Å²) in [6.45, 7) is 1.69. The number of nitrogens with one attached hydrogen (secondary N) is 1. The minimum Gasteiger partial charge on any atom is -0.471 e. The maximum atomic E-state index is 13.5. The van der Waals surface area contributed by atoms with Crippen molar-refractivity contribution in [3.05, 3.63) is 47.6 Å². The Morgan fingerprint density at radius 2 is 1.84 bits per heavy atom. The van der Waals surface area contributed by atoms with Gasteiger partial charge in [0.1, 0.15) is 24.2 Å². The Bertz CT molecular complexity index is 1070. The van der Waals surface area contributed by atoms with Gasteiger partial charge in [-0.25, -0.2) is 9.18 Å². The third-order valence-electron chi connectivity index (χ3n) is 7.11. The number of nitrogens with two attached hydrogens (primary N) is 1. The predicted molar refractivity (Wildman–Crippen MR) is 129 cm³/mol. The first-order chi connectivity index (χ1) is 18.0. The fraction of sp³-hybridized carbons (Fsp3) is 0.560. The van der Waals surface area contributed by atoms with E-state index >= 15 is 0 Å². The summed E-state index contributed by atoms with van der Waals surface area (Å²) in [4.78, 5) is 31.5. The smallest absolute Gasteiger partial charge is 0.433 e. The van der Waals surface area contributed by atoms with Crippen LogP contribution in [-0.2, 0) is 14.3 Å². The van der Waals surface area contributed by atoms with Crippen molar-refractivity contribution in [3.8, 4) is 0 Å². The van der Waals surface area contributed by atoms with Crippen molar-refractivity contribution in [2.75, 3.05) is 39.8 Å². The highest BCUT2D eigenvalue weighted by Crippen LogP contribution is 2.35. The highest BCUT2D eigenvalue weighted by molar-refractivity contribution is 5.99. The van der Waals surface area contributed by atoms with Crippen LogP contribution >= 0.6 is 0 Å². The van der Waals surface area contributed by atoms with Crippen molar-refractivity contribution in [1.82, 2.24) is 15.1 Å². The number of rotatable bonds is 5. The Labute approximate surface area is 217 Å². The molecule has 0 aromatic heterocycles. The van der Waals surface area contributed by atoms with E-state index in [0.717, 1.165) is 7.05 Å². The van der Waals surface area contributed by atoms with Crippen LogP contribution < -0.4 is 11.1 Å². The van der Waals surface area contributed by atoms with Crippen molar-refractivity contribution in [1.29, 1.82) is 0 Å². The fourth-order valence-corrected chi connectivity index (χ4v) is 5.14. The van der Waals surface area contributed by atoms with Crippen molar-refractivity contribution in [2.45, 2.75) is 43.7 Å². The first kappa shape index (κ1) is 27.7. The zero-order valence-electron chi connectivity index (χ0n) is 20.9. The highest BCUT2D eigenvalue weighted by Gasteiger charge is 2.39. The largest absolute Gasteiger partial charge is 0.471 e. The molecule has 1 aromatic rings. The second kappa shape index (κ2) is 11.6. The molecular weight excluding hydrogens is 510 g/mol. The second-order valence-corrected chi connectivity index (χ2v) is 9.61. The number of halogens is 4. The summed E-state index contributed by atoms with van der Waals surface area (Å²) in [6.07, 6.45) is -3.30. The molecule has 3 aliphatic heterocycles. The van der Waals surface area contributed by atoms with E-state index in [4.69, 9.17) is 15.2 Å². The number of nitrogens with zero attached hydrogens (tertiary/aromatic N) is 3. The molecule has 0 spiro atoms. The Morgan fingerprint density at radius 1 is 1.18 bits per heavy atom. The topological polar surface area (TPSA) is 109 Å². The summed E-state index contributed by atoms with van der Waals surface area (Å²) in [6, 6.07) is 5.12. The lowest BCUT2D eigenvalue weighted by molar-refractivity contribution is -0.139. The minimum absolute atomic E-state index is 0.0301. The molecule has 3 aliphatic rings. The summed E-state index contributed by atoms with van der Waals surface area (Å²) in [5.41, 5.74) is 5.21. The molecule has 3 heterocycles. The van der Waals surface area contributed by atoms with Gasteiger partial charge in [0.05, 0.1) is 12.1 Å². The van der Waals surface area contributed by atoms with E-state index < -0.39 is 29.7 Å². The molecule has 0 radical (unpaired) electrons. The number of carbonyl (C=O) groups excluding carboxylic acids is 2. The lowest BCUT2D eigenvalue weighted by Crippen LogP contribution is -2.62. The van der Waals surface area contributed by atoms with E-state index in [9.17, 15) is 27.2 Å².